The molecule has 0 aliphatic heterocycles. The van der Waals surface area contributed by atoms with Crippen molar-refractivity contribution in [3.8, 4) is 5.75 Å². The fourth-order valence-electron chi connectivity index (χ4n) is 2.40. The first-order valence-corrected chi connectivity index (χ1v) is 9.75. The van der Waals surface area contributed by atoms with Gasteiger partial charge in [0.15, 0.2) is 0 Å². The summed E-state index contributed by atoms with van der Waals surface area (Å²) in [5, 5.41) is 2.53. The Morgan fingerprint density at radius 2 is 1.78 bits per heavy atom. The Balaban J connectivity index is 2.18. The Morgan fingerprint density at radius 1 is 1.07 bits per heavy atom. The van der Waals surface area contributed by atoms with Gasteiger partial charge in [0.1, 0.15) is 16.7 Å². The highest BCUT2D eigenvalue weighted by molar-refractivity contribution is 7.87. The van der Waals surface area contributed by atoms with Crippen LogP contribution in [0.2, 0.25) is 0 Å². The van der Waals surface area contributed by atoms with Crippen molar-refractivity contribution in [1.82, 2.24) is 5.32 Å². The van der Waals surface area contributed by atoms with E-state index in [9.17, 15) is 18.0 Å². The van der Waals surface area contributed by atoms with E-state index in [-0.39, 0.29) is 29.6 Å². The molecular weight excluding hydrogens is 370 g/mol. The summed E-state index contributed by atoms with van der Waals surface area (Å²) in [5.41, 5.74) is 0.613. The van der Waals surface area contributed by atoms with Crippen LogP contribution in [-0.4, -0.2) is 32.9 Å². The van der Waals surface area contributed by atoms with E-state index < -0.39 is 22.1 Å². The molecule has 2 aromatic carbocycles. The molecule has 0 saturated carbocycles. The molecule has 0 unspecified atom stereocenters. The summed E-state index contributed by atoms with van der Waals surface area (Å²) in [7, 11) is -3.96. The molecule has 1 amide bonds. The maximum atomic E-state index is 12.3. The molecular formula is C19H21NO6S. The molecule has 0 spiro atoms. The topological polar surface area (TPSA) is 98.8 Å². The zero-order chi connectivity index (χ0) is 19.9. The number of carbonyl (C=O) groups is 2. The summed E-state index contributed by atoms with van der Waals surface area (Å²) in [6.45, 7) is 3.16. The van der Waals surface area contributed by atoms with Crippen LogP contribution in [0.25, 0.3) is 0 Å². The van der Waals surface area contributed by atoms with E-state index in [2.05, 4.69) is 5.32 Å². The molecule has 8 heteroatoms. The third-order valence-corrected chi connectivity index (χ3v) is 4.79. The Bertz CT molecular complexity index is 895. The van der Waals surface area contributed by atoms with Gasteiger partial charge in [-0.1, -0.05) is 30.3 Å². The Kier molecular flexibility index (Phi) is 6.95. The molecule has 7 nitrogen and oxygen atoms in total. The minimum Gasteiger partial charge on any atom is -0.464 e. The van der Waals surface area contributed by atoms with Gasteiger partial charge in [-0.3, -0.25) is 4.79 Å². The molecule has 0 saturated heterocycles. The van der Waals surface area contributed by atoms with Crippen LogP contribution >= 0.6 is 0 Å². The number of hydrogen-bond donors (Lipinski definition) is 1. The predicted octanol–water partition coefficient (Wildman–Crippen LogP) is 2.06. The summed E-state index contributed by atoms with van der Waals surface area (Å²) in [6, 6.07) is 13.2. The highest BCUT2D eigenvalue weighted by Gasteiger charge is 2.22. The monoisotopic (exact) mass is 391 g/mol. The van der Waals surface area contributed by atoms with Gasteiger partial charge in [-0.2, -0.15) is 8.42 Å². The normalized spacial score (nSPS) is 12.1. The lowest BCUT2D eigenvalue weighted by Gasteiger charge is -2.17. The van der Waals surface area contributed by atoms with E-state index in [0.717, 1.165) is 0 Å². The SMILES string of the molecule is CCOC(=O)[C@H](Cc1cccc(OS(=O)(=O)c2ccccc2)c1)NC(C)=O. The van der Waals surface area contributed by atoms with Gasteiger partial charge in [0.05, 0.1) is 6.61 Å². The van der Waals surface area contributed by atoms with E-state index >= 15 is 0 Å². The molecule has 0 aliphatic rings. The molecule has 2 aromatic rings. The standard InChI is InChI=1S/C19H21NO6S/c1-3-25-19(22)18(20-14(2)21)13-15-8-7-9-16(12-15)26-27(23,24)17-10-5-4-6-11-17/h4-12,18H,3,13H2,1-2H3,(H,20,21)/t18-/m0/s1. The van der Waals surface area contributed by atoms with Crippen molar-refractivity contribution in [2.45, 2.75) is 31.2 Å². The minimum atomic E-state index is -3.96. The van der Waals surface area contributed by atoms with Crippen molar-refractivity contribution < 1.29 is 26.9 Å². The molecule has 1 atom stereocenters. The molecule has 1 N–H and O–H groups in total. The van der Waals surface area contributed by atoms with Gasteiger partial charge in [-0.15, -0.1) is 0 Å². The van der Waals surface area contributed by atoms with Gasteiger partial charge >= 0.3 is 16.1 Å². The van der Waals surface area contributed by atoms with Crippen LogP contribution in [0.3, 0.4) is 0 Å². The molecule has 0 fully saturated rings. The molecule has 0 radical (unpaired) electrons. The summed E-state index contributed by atoms with van der Waals surface area (Å²) in [6.07, 6.45) is 0.140. The molecule has 0 aliphatic carbocycles. The van der Waals surface area contributed by atoms with Crippen LogP contribution < -0.4 is 9.50 Å². The van der Waals surface area contributed by atoms with Crippen molar-refractivity contribution in [2.75, 3.05) is 6.61 Å². The first-order chi connectivity index (χ1) is 12.8. The van der Waals surface area contributed by atoms with Gasteiger partial charge in [-0.05, 0) is 36.8 Å². The molecule has 0 heterocycles. The van der Waals surface area contributed by atoms with Crippen molar-refractivity contribution in [3.63, 3.8) is 0 Å². The third-order valence-electron chi connectivity index (χ3n) is 3.52. The minimum absolute atomic E-state index is 0.0399. The smallest absolute Gasteiger partial charge is 0.339 e. The number of amides is 1. The second kappa shape index (κ2) is 9.18. The highest BCUT2D eigenvalue weighted by Crippen LogP contribution is 2.20. The van der Waals surface area contributed by atoms with E-state index in [1.54, 1.807) is 37.3 Å². The Labute approximate surface area is 158 Å². The van der Waals surface area contributed by atoms with Crippen LogP contribution in [0, 0.1) is 0 Å². The van der Waals surface area contributed by atoms with Gasteiger partial charge in [0.2, 0.25) is 5.91 Å². The van der Waals surface area contributed by atoms with Crippen LogP contribution in [0.4, 0.5) is 0 Å². The first kappa shape index (κ1) is 20.4. The quantitative estimate of drug-likeness (QED) is 0.546. The maximum Gasteiger partial charge on any atom is 0.339 e. The zero-order valence-electron chi connectivity index (χ0n) is 15.0. The van der Waals surface area contributed by atoms with Crippen molar-refractivity contribution in [1.29, 1.82) is 0 Å². The third kappa shape index (κ3) is 6.10. The summed E-state index contributed by atoms with van der Waals surface area (Å²) in [5.74, 6) is -0.815. The molecule has 0 aromatic heterocycles. The lowest BCUT2D eigenvalue weighted by Crippen LogP contribution is -2.42. The van der Waals surface area contributed by atoms with Crippen molar-refractivity contribution in [2.24, 2.45) is 0 Å². The van der Waals surface area contributed by atoms with Crippen LogP contribution in [0.15, 0.2) is 59.5 Å². The maximum absolute atomic E-state index is 12.3. The van der Waals surface area contributed by atoms with Crippen LogP contribution in [0.5, 0.6) is 5.75 Å². The lowest BCUT2D eigenvalue weighted by molar-refractivity contribution is -0.147. The molecule has 0 bridgehead atoms. The number of hydrogen-bond acceptors (Lipinski definition) is 6. The second-order valence-corrected chi connectivity index (χ2v) is 7.25. The summed E-state index contributed by atoms with van der Waals surface area (Å²) < 4.78 is 34.8. The first-order valence-electron chi connectivity index (χ1n) is 8.34. The van der Waals surface area contributed by atoms with E-state index in [1.165, 1.54) is 31.2 Å². The zero-order valence-corrected chi connectivity index (χ0v) is 15.9. The van der Waals surface area contributed by atoms with Gasteiger partial charge in [0.25, 0.3) is 0 Å². The van der Waals surface area contributed by atoms with E-state index in [4.69, 9.17) is 8.92 Å². The van der Waals surface area contributed by atoms with E-state index in [0.29, 0.717) is 5.56 Å². The Morgan fingerprint density at radius 3 is 2.41 bits per heavy atom. The largest absolute Gasteiger partial charge is 0.464 e. The Hall–Kier alpha value is -2.87. The highest BCUT2D eigenvalue weighted by atomic mass is 32.2. The van der Waals surface area contributed by atoms with Crippen molar-refractivity contribution >= 4 is 22.0 Å². The fourth-order valence-corrected chi connectivity index (χ4v) is 3.35. The molecule has 27 heavy (non-hydrogen) atoms. The number of benzene rings is 2. The molecule has 144 valence electrons. The number of rotatable bonds is 8. The lowest BCUT2D eigenvalue weighted by atomic mass is 10.1. The number of esters is 1. The van der Waals surface area contributed by atoms with Crippen LogP contribution in [0.1, 0.15) is 19.4 Å². The van der Waals surface area contributed by atoms with Crippen molar-refractivity contribution in [3.05, 3.63) is 60.2 Å². The summed E-state index contributed by atoms with van der Waals surface area (Å²) >= 11 is 0. The molecule has 2 rings (SSSR count). The fraction of sp³-hybridized carbons (Fsp3) is 0.263. The summed E-state index contributed by atoms with van der Waals surface area (Å²) in [4.78, 5) is 23.4. The average molecular weight is 391 g/mol. The van der Waals surface area contributed by atoms with Gasteiger partial charge < -0.3 is 14.2 Å². The predicted molar refractivity (Wildman–Crippen MR) is 98.6 cm³/mol. The second-order valence-electron chi connectivity index (χ2n) is 5.71. The number of ether oxygens (including phenoxy) is 1. The van der Waals surface area contributed by atoms with E-state index in [1.807, 2.05) is 0 Å². The van der Waals surface area contributed by atoms with Gasteiger partial charge in [0, 0.05) is 13.3 Å². The van der Waals surface area contributed by atoms with Gasteiger partial charge in [-0.25, -0.2) is 4.79 Å². The number of carbonyl (C=O) groups excluding carboxylic acids is 2. The number of nitrogens with one attached hydrogen (secondary N) is 1. The average Bonchev–Trinajstić information content (AvgIpc) is 2.62. The van der Waals surface area contributed by atoms with Crippen LogP contribution in [-0.2, 0) is 30.9 Å².